The van der Waals surface area contributed by atoms with Crippen LogP contribution in [0.1, 0.15) is 11.1 Å². The standard InChI is InChI=1S/C32H24N4O6/c37-31(14-8-21-6-12-27-29(16-21)41-19-39-27)33-24-10-11-25(36-35-23-4-2-1-3-5-23)26(18-24)34-32(38)15-9-22-7-13-28-30(17-22)42-20-40-28/h1-18H,19-20H2,(H,33,37)(H,34,38). The van der Waals surface area contributed by atoms with Crippen LogP contribution < -0.4 is 29.6 Å². The van der Waals surface area contributed by atoms with E-state index in [0.717, 1.165) is 11.1 Å². The number of amides is 2. The SMILES string of the molecule is O=C(C=Cc1ccc2c(c1)OCO2)Nc1ccc(N=Nc2ccccc2)c(NC(=O)C=Cc2ccc3c(c2)OCO3)c1. The van der Waals surface area contributed by atoms with Crippen LogP contribution in [-0.2, 0) is 9.59 Å². The maximum atomic E-state index is 12.9. The first-order chi connectivity index (χ1) is 20.6. The van der Waals surface area contributed by atoms with Gasteiger partial charge in [-0.25, -0.2) is 0 Å². The van der Waals surface area contributed by atoms with Gasteiger partial charge in [-0.15, -0.1) is 5.11 Å². The lowest BCUT2D eigenvalue weighted by molar-refractivity contribution is -0.112. The van der Waals surface area contributed by atoms with Crippen molar-refractivity contribution in [1.82, 2.24) is 0 Å². The third-order valence-electron chi connectivity index (χ3n) is 6.20. The van der Waals surface area contributed by atoms with Crippen LogP contribution in [0.2, 0.25) is 0 Å². The molecular formula is C32H24N4O6. The van der Waals surface area contributed by atoms with Crippen molar-refractivity contribution in [3.63, 3.8) is 0 Å². The van der Waals surface area contributed by atoms with Crippen molar-refractivity contribution in [3.8, 4) is 23.0 Å². The number of benzene rings is 4. The van der Waals surface area contributed by atoms with Gasteiger partial charge in [-0.2, -0.15) is 5.11 Å². The van der Waals surface area contributed by atoms with E-state index in [1.165, 1.54) is 12.2 Å². The Bertz CT molecular complexity index is 1730. The van der Waals surface area contributed by atoms with E-state index in [1.54, 1.807) is 54.6 Å². The second kappa shape index (κ2) is 12.1. The monoisotopic (exact) mass is 560 g/mol. The van der Waals surface area contributed by atoms with Gasteiger partial charge in [-0.05, 0) is 77.9 Å². The van der Waals surface area contributed by atoms with E-state index in [4.69, 9.17) is 18.9 Å². The first-order valence-electron chi connectivity index (χ1n) is 13.0. The van der Waals surface area contributed by atoms with Crippen molar-refractivity contribution in [1.29, 1.82) is 0 Å². The fourth-order valence-corrected chi connectivity index (χ4v) is 4.14. The van der Waals surface area contributed by atoms with Gasteiger partial charge in [0.2, 0.25) is 25.4 Å². The molecule has 0 saturated carbocycles. The number of ether oxygens (including phenoxy) is 4. The summed E-state index contributed by atoms with van der Waals surface area (Å²) in [7, 11) is 0. The van der Waals surface area contributed by atoms with Crippen LogP contribution in [0.15, 0.2) is 107 Å². The highest BCUT2D eigenvalue weighted by Crippen LogP contribution is 2.34. The Morgan fingerprint density at radius 1 is 0.619 bits per heavy atom. The zero-order valence-electron chi connectivity index (χ0n) is 22.2. The number of azo groups is 1. The van der Waals surface area contributed by atoms with E-state index in [-0.39, 0.29) is 19.5 Å². The van der Waals surface area contributed by atoms with Gasteiger partial charge in [0.15, 0.2) is 23.0 Å². The lowest BCUT2D eigenvalue weighted by atomic mass is 10.2. The summed E-state index contributed by atoms with van der Waals surface area (Å²) in [5.41, 5.74) is 3.46. The van der Waals surface area contributed by atoms with E-state index < -0.39 is 5.91 Å². The summed E-state index contributed by atoms with van der Waals surface area (Å²) >= 11 is 0. The average Bonchev–Trinajstić information content (AvgIpc) is 3.68. The largest absolute Gasteiger partial charge is 0.454 e. The second-order valence-corrected chi connectivity index (χ2v) is 9.14. The molecule has 2 aliphatic heterocycles. The van der Waals surface area contributed by atoms with Crippen LogP contribution in [0.5, 0.6) is 23.0 Å². The highest BCUT2D eigenvalue weighted by Gasteiger charge is 2.14. The molecule has 0 radical (unpaired) electrons. The molecule has 10 heteroatoms. The van der Waals surface area contributed by atoms with E-state index in [1.807, 2.05) is 42.5 Å². The van der Waals surface area contributed by atoms with Gasteiger partial charge in [0.25, 0.3) is 0 Å². The number of hydrogen-bond acceptors (Lipinski definition) is 8. The third kappa shape index (κ3) is 6.45. The zero-order chi connectivity index (χ0) is 28.7. The van der Waals surface area contributed by atoms with Crippen LogP contribution in [0, 0.1) is 0 Å². The zero-order valence-corrected chi connectivity index (χ0v) is 22.2. The number of rotatable bonds is 8. The van der Waals surface area contributed by atoms with Crippen molar-refractivity contribution in [2.45, 2.75) is 0 Å². The lowest BCUT2D eigenvalue weighted by Gasteiger charge is -2.09. The molecule has 10 nitrogen and oxygen atoms in total. The van der Waals surface area contributed by atoms with Crippen LogP contribution >= 0.6 is 0 Å². The minimum atomic E-state index is -0.394. The molecule has 6 rings (SSSR count). The molecule has 2 heterocycles. The fourth-order valence-electron chi connectivity index (χ4n) is 4.14. The molecule has 0 saturated heterocycles. The number of fused-ring (bicyclic) bond motifs is 2. The summed E-state index contributed by atoms with van der Waals surface area (Å²) < 4.78 is 21.4. The summed E-state index contributed by atoms with van der Waals surface area (Å²) in [5.74, 6) is 1.83. The first kappa shape index (κ1) is 26.3. The number of carbonyl (C=O) groups is 2. The molecule has 0 bridgehead atoms. The van der Waals surface area contributed by atoms with E-state index in [0.29, 0.717) is 45.7 Å². The molecule has 2 amide bonds. The molecule has 0 aliphatic carbocycles. The van der Waals surface area contributed by atoms with Crippen molar-refractivity contribution in [3.05, 3.63) is 108 Å². The Kier molecular flexibility index (Phi) is 7.58. The summed E-state index contributed by atoms with van der Waals surface area (Å²) in [6, 6.07) is 25.0. The Balaban J connectivity index is 1.18. The number of nitrogens with one attached hydrogen (secondary N) is 2. The highest BCUT2D eigenvalue weighted by atomic mass is 16.7. The number of hydrogen-bond donors (Lipinski definition) is 2. The minimum Gasteiger partial charge on any atom is -0.454 e. The van der Waals surface area contributed by atoms with Crippen molar-refractivity contribution in [2.24, 2.45) is 10.2 Å². The average molecular weight is 561 g/mol. The molecule has 208 valence electrons. The molecule has 4 aromatic carbocycles. The number of carbonyl (C=O) groups excluding carboxylic acids is 2. The summed E-state index contributed by atoms with van der Waals surface area (Å²) in [6.07, 6.45) is 6.14. The van der Waals surface area contributed by atoms with Crippen molar-refractivity contribution < 1.29 is 28.5 Å². The molecular weight excluding hydrogens is 536 g/mol. The topological polar surface area (TPSA) is 120 Å². The van der Waals surface area contributed by atoms with Crippen molar-refractivity contribution in [2.75, 3.05) is 24.2 Å². The highest BCUT2D eigenvalue weighted by molar-refractivity contribution is 6.05. The quantitative estimate of drug-likeness (QED) is 0.179. The number of anilines is 2. The fraction of sp³-hybridized carbons (Fsp3) is 0.0625. The Hall–Kier alpha value is -5.90. The lowest BCUT2D eigenvalue weighted by Crippen LogP contribution is -2.10. The summed E-state index contributed by atoms with van der Waals surface area (Å²) in [4.78, 5) is 25.6. The molecule has 42 heavy (non-hydrogen) atoms. The predicted molar refractivity (Wildman–Crippen MR) is 158 cm³/mol. The van der Waals surface area contributed by atoms with Crippen molar-refractivity contribution >= 4 is 46.7 Å². The van der Waals surface area contributed by atoms with Crippen LogP contribution in [0.3, 0.4) is 0 Å². The molecule has 0 spiro atoms. The van der Waals surface area contributed by atoms with Crippen LogP contribution in [0.25, 0.3) is 12.2 Å². The molecule has 4 aromatic rings. The van der Waals surface area contributed by atoms with Crippen LogP contribution in [0.4, 0.5) is 22.7 Å². The third-order valence-corrected chi connectivity index (χ3v) is 6.20. The molecule has 0 atom stereocenters. The van der Waals surface area contributed by atoms with Gasteiger partial charge in [-0.3, -0.25) is 9.59 Å². The normalized spacial score (nSPS) is 13.2. The van der Waals surface area contributed by atoms with Gasteiger partial charge in [0, 0.05) is 17.8 Å². The summed E-state index contributed by atoms with van der Waals surface area (Å²) in [6.45, 7) is 0.349. The van der Waals surface area contributed by atoms with Gasteiger partial charge >= 0.3 is 0 Å². The van der Waals surface area contributed by atoms with Crippen LogP contribution in [-0.4, -0.2) is 25.4 Å². The minimum absolute atomic E-state index is 0.171. The Morgan fingerprint density at radius 3 is 1.86 bits per heavy atom. The van der Waals surface area contributed by atoms with Gasteiger partial charge in [-0.1, -0.05) is 30.3 Å². The molecule has 2 aliphatic rings. The van der Waals surface area contributed by atoms with Gasteiger partial charge in [0.05, 0.1) is 11.4 Å². The maximum Gasteiger partial charge on any atom is 0.248 e. The smallest absolute Gasteiger partial charge is 0.248 e. The van der Waals surface area contributed by atoms with Gasteiger partial charge in [0.1, 0.15) is 5.69 Å². The van der Waals surface area contributed by atoms with E-state index in [2.05, 4.69) is 20.9 Å². The molecule has 0 unspecified atom stereocenters. The van der Waals surface area contributed by atoms with Gasteiger partial charge < -0.3 is 29.6 Å². The van der Waals surface area contributed by atoms with E-state index >= 15 is 0 Å². The predicted octanol–water partition coefficient (Wildman–Crippen LogP) is 6.86. The number of nitrogens with zero attached hydrogens (tertiary/aromatic N) is 2. The Labute approximate surface area is 240 Å². The molecule has 0 aromatic heterocycles. The maximum absolute atomic E-state index is 12.9. The second-order valence-electron chi connectivity index (χ2n) is 9.14. The van der Waals surface area contributed by atoms with E-state index in [9.17, 15) is 9.59 Å². The molecule has 0 fully saturated rings. The first-order valence-corrected chi connectivity index (χ1v) is 13.0. The Morgan fingerprint density at radius 2 is 1.21 bits per heavy atom. The summed E-state index contributed by atoms with van der Waals surface area (Å²) in [5, 5.41) is 14.2. The molecule has 2 N–H and O–H groups in total.